The third-order valence-electron chi connectivity index (χ3n) is 10.4. The van der Waals surface area contributed by atoms with Gasteiger partial charge >= 0.3 is 12.2 Å². The van der Waals surface area contributed by atoms with Crippen LogP contribution in [0.25, 0.3) is 22.0 Å². The summed E-state index contributed by atoms with van der Waals surface area (Å²) in [4.78, 5) is 58.5. The van der Waals surface area contributed by atoms with Crippen LogP contribution in [0.1, 0.15) is 27.0 Å². The molecule has 7 rings (SSSR count). The number of fused-ring (bicyclic) bond motifs is 2. The highest BCUT2D eigenvalue weighted by Crippen LogP contribution is 2.35. The predicted molar refractivity (Wildman–Crippen MR) is 214 cm³/mol. The molecule has 306 valence electrons. The Bertz CT molecular complexity index is 2350. The van der Waals surface area contributed by atoms with Gasteiger partial charge in [0.05, 0.1) is 18.6 Å². The van der Waals surface area contributed by atoms with Crippen LogP contribution in [-0.4, -0.2) is 97.8 Å². The van der Waals surface area contributed by atoms with Crippen LogP contribution in [0.4, 0.5) is 18.0 Å². The molecular weight excluding hydrogens is 766 g/mol. The number of hydrazine groups is 2. The minimum Gasteiger partial charge on any atom is -0.508 e. The van der Waals surface area contributed by atoms with Crippen LogP contribution in [0, 0.1) is 0 Å². The summed E-state index contributed by atoms with van der Waals surface area (Å²) in [6, 6.07) is 26.7. The summed E-state index contributed by atoms with van der Waals surface area (Å²) in [7, 11) is 1.88. The number of phenols is 1. The molecule has 2 saturated heterocycles. The largest absolute Gasteiger partial charge is 0.508 e. The van der Waals surface area contributed by atoms with E-state index in [4.69, 9.17) is 0 Å². The van der Waals surface area contributed by atoms with E-state index in [2.05, 4.69) is 17.3 Å². The van der Waals surface area contributed by atoms with Gasteiger partial charge in [0, 0.05) is 55.8 Å². The number of aromatic hydroxyl groups is 1. The Morgan fingerprint density at radius 3 is 2.36 bits per heavy atom. The number of carbonyl (C=O) groups excluding carboxylic acids is 4. The fraction of sp³-hybridized carbons (Fsp3) is 0.256. The summed E-state index contributed by atoms with van der Waals surface area (Å²) in [5.41, 5.74) is 8.94. The summed E-state index contributed by atoms with van der Waals surface area (Å²) < 4.78 is 39.5. The van der Waals surface area contributed by atoms with Crippen molar-refractivity contribution in [3.8, 4) is 16.9 Å². The number of benzene rings is 4. The van der Waals surface area contributed by atoms with Gasteiger partial charge in [0.25, 0.3) is 5.91 Å². The third-order valence-corrected chi connectivity index (χ3v) is 10.4. The second-order valence-corrected chi connectivity index (χ2v) is 14.5. The number of piperazine rings is 1. The molecule has 3 heterocycles. The summed E-state index contributed by atoms with van der Waals surface area (Å²) in [6.45, 7) is 2.94. The molecule has 13 nitrogen and oxygen atoms in total. The van der Waals surface area contributed by atoms with E-state index in [1.165, 1.54) is 34.2 Å². The SMILES string of the molecule is C=CCN1CC(=O)N2[C@@H](Cc3ccc(O)cc3)C(=O)N(Cc3cccc4c(-c5ccc(C(=O)NNCC(F)(F)F)cc5)cn(C)c34)C[C@@H]2N1C(=O)NCc1ccccc1. The van der Waals surface area contributed by atoms with Crippen molar-refractivity contribution in [2.24, 2.45) is 7.05 Å². The first kappa shape index (κ1) is 40.5. The van der Waals surface area contributed by atoms with Gasteiger partial charge in [-0.3, -0.25) is 19.8 Å². The van der Waals surface area contributed by atoms with Gasteiger partial charge in [-0.25, -0.2) is 20.2 Å². The second-order valence-electron chi connectivity index (χ2n) is 14.5. The number of aromatic nitrogens is 1. The van der Waals surface area contributed by atoms with E-state index in [1.54, 1.807) is 40.3 Å². The fourth-order valence-corrected chi connectivity index (χ4v) is 7.77. The van der Waals surface area contributed by atoms with E-state index in [0.29, 0.717) is 0 Å². The number of halogens is 3. The van der Waals surface area contributed by atoms with Crippen molar-refractivity contribution in [3.05, 3.63) is 138 Å². The minimum absolute atomic E-state index is 0.0120. The summed E-state index contributed by atoms with van der Waals surface area (Å²) in [5, 5.41) is 17.0. The van der Waals surface area contributed by atoms with E-state index < -0.39 is 36.9 Å². The first-order chi connectivity index (χ1) is 28.3. The lowest BCUT2D eigenvalue weighted by molar-refractivity contribution is -0.189. The van der Waals surface area contributed by atoms with Gasteiger partial charge < -0.3 is 24.8 Å². The van der Waals surface area contributed by atoms with Crippen LogP contribution in [0.5, 0.6) is 5.75 Å². The normalized spacial score (nSPS) is 17.3. The van der Waals surface area contributed by atoms with Crippen molar-refractivity contribution in [2.75, 3.05) is 26.2 Å². The van der Waals surface area contributed by atoms with Gasteiger partial charge in [-0.05, 0) is 46.5 Å². The third kappa shape index (κ3) is 8.93. The van der Waals surface area contributed by atoms with Gasteiger partial charge in [0.2, 0.25) is 11.8 Å². The number of amides is 5. The topological polar surface area (TPSA) is 142 Å². The summed E-state index contributed by atoms with van der Waals surface area (Å²) in [6.07, 6.45) is -1.67. The summed E-state index contributed by atoms with van der Waals surface area (Å²) >= 11 is 0. The molecule has 59 heavy (non-hydrogen) atoms. The smallest absolute Gasteiger partial charge is 0.402 e. The maximum atomic E-state index is 14.7. The summed E-state index contributed by atoms with van der Waals surface area (Å²) in [5.74, 6) is -1.26. The average molecular weight is 809 g/mol. The van der Waals surface area contributed by atoms with Crippen molar-refractivity contribution < 1.29 is 37.5 Å². The molecule has 2 fully saturated rings. The molecule has 16 heteroatoms. The zero-order valence-electron chi connectivity index (χ0n) is 32.2. The fourth-order valence-electron chi connectivity index (χ4n) is 7.77. The van der Waals surface area contributed by atoms with Crippen molar-refractivity contribution in [2.45, 2.75) is 37.9 Å². The Kier molecular flexibility index (Phi) is 11.7. The molecule has 0 unspecified atom stereocenters. The Labute approximate surface area is 338 Å². The molecule has 5 aromatic rings. The lowest BCUT2D eigenvalue weighted by Crippen LogP contribution is -2.76. The number of alkyl halides is 3. The molecule has 0 bridgehead atoms. The number of hydrogen-bond donors (Lipinski definition) is 4. The predicted octanol–water partition coefficient (Wildman–Crippen LogP) is 5.08. The Balaban J connectivity index is 1.20. The van der Waals surface area contributed by atoms with Crippen molar-refractivity contribution >= 4 is 34.7 Å². The number of urea groups is 1. The van der Waals surface area contributed by atoms with Crippen LogP contribution in [0.15, 0.2) is 116 Å². The molecule has 2 atom stereocenters. The second kappa shape index (κ2) is 17.1. The molecule has 0 saturated carbocycles. The highest BCUT2D eigenvalue weighted by molar-refractivity contribution is 5.99. The zero-order valence-corrected chi connectivity index (χ0v) is 32.2. The Morgan fingerprint density at radius 1 is 0.932 bits per heavy atom. The van der Waals surface area contributed by atoms with E-state index in [-0.39, 0.29) is 62.3 Å². The molecule has 2 aliphatic heterocycles. The number of phenolic OH excluding ortho intramolecular Hbond substituents is 1. The van der Waals surface area contributed by atoms with Crippen LogP contribution in [0.3, 0.4) is 0 Å². The maximum Gasteiger partial charge on any atom is 0.402 e. The van der Waals surface area contributed by atoms with Crippen molar-refractivity contribution in [1.82, 2.24) is 40.6 Å². The molecule has 2 aliphatic rings. The lowest BCUT2D eigenvalue weighted by Gasteiger charge is -2.55. The number of nitrogens with zero attached hydrogens (tertiary/aromatic N) is 5. The van der Waals surface area contributed by atoms with Gasteiger partial charge in [-0.1, -0.05) is 78.9 Å². The molecule has 5 amide bonds. The van der Waals surface area contributed by atoms with E-state index in [9.17, 15) is 37.5 Å². The molecule has 4 N–H and O–H groups in total. The standard InChI is InChI=1S/C43H43F3N8O5/c1-3-20-52-26-38(56)53-36(21-28-12-18-33(55)19-13-28)41(58)51(25-37(53)54(52)42(59)47-22-29-8-5-4-6-9-29)23-32-10-7-11-34-35(24-50(2)39(32)34)30-14-16-31(17-15-30)40(57)49-48-27-43(44,45)46/h3-19,24,36-37,48,55H,1,20-23,25-27H2,2H3,(H,47,59)(H,49,57)/t36-,37-/m0/s1. The van der Waals surface area contributed by atoms with Crippen LogP contribution >= 0.6 is 0 Å². The molecule has 0 radical (unpaired) electrons. The molecule has 1 aromatic heterocycles. The lowest BCUT2D eigenvalue weighted by atomic mass is 9.97. The number of rotatable bonds is 12. The van der Waals surface area contributed by atoms with Gasteiger partial charge in [0.1, 0.15) is 24.5 Å². The van der Waals surface area contributed by atoms with Crippen LogP contribution in [-0.2, 0) is 36.1 Å². The highest BCUT2D eigenvalue weighted by Gasteiger charge is 2.51. The number of aryl methyl sites for hydroxylation is 1. The van der Waals surface area contributed by atoms with Crippen LogP contribution in [0.2, 0.25) is 0 Å². The zero-order chi connectivity index (χ0) is 41.8. The molecule has 0 spiro atoms. The number of hydrogen-bond acceptors (Lipinski definition) is 7. The average Bonchev–Trinajstić information content (AvgIpc) is 3.56. The van der Waals surface area contributed by atoms with Gasteiger partial charge in [0.15, 0.2) is 0 Å². The molecular formula is C43H43F3N8O5. The number of carbonyl (C=O) groups is 4. The quantitative estimate of drug-likeness (QED) is 0.102. The van der Waals surface area contributed by atoms with E-state index in [1.807, 2.05) is 71.8 Å². The van der Waals surface area contributed by atoms with Crippen molar-refractivity contribution in [3.63, 3.8) is 0 Å². The van der Waals surface area contributed by atoms with Gasteiger partial charge in [-0.2, -0.15) is 13.2 Å². The minimum atomic E-state index is -4.48. The monoisotopic (exact) mass is 808 g/mol. The molecule has 4 aromatic carbocycles. The first-order valence-electron chi connectivity index (χ1n) is 18.9. The van der Waals surface area contributed by atoms with Crippen LogP contribution < -0.4 is 16.2 Å². The Hall–Kier alpha value is -6.65. The number of nitrogens with one attached hydrogen (secondary N) is 3. The van der Waals surface area contributed by atoms with Crippen molar-refractivity contribution in [1.29, 1.82) is 0 Å². The highest BCUT2D eigenvalue weighted by atomic mass is 19.4. The van der Waals surface area contributed by atoms with E-state index in [0.717, 1.165) is 38.7 Å². The maximum absolute atomic E-state index is 14.7. The molecule has 0 aliphatic carbocycles. The number of para-hydroxylation sites is 1. The first-order valence-corrected chi connectivity index (χ1v) is 18.9. The Morgan fingerprint density at radius 2 is 1.66 bits per heavy atom. The van der Waals surface area contributed by atoms with Gasteiger partial charge in [-0.15, -0.1) is 6.58 Å². The van der Waals surface area contributed by atoms with E-state index >= 15 is 0 Å².